The number of nitrogens with zero attached hydrogens (tertiary/aromatic N) is 1. The van der Waals surface area contributed by atoms with E-state index < -0.39 is 0 Å². The molecule has 1 unspecified atom stereocenters. The highest BCUT2D eigenvalue weighted by molar-refractivity contribution is 7.09. The van der Waals surface area contributed by atoms with Crippen LogP contribution in [0.3, 0.4) is 0 Å². The van der Waals surface area contributed by atoms with Crippen LogP contribution in [0.25, 0.3) is 0 Å². The zero-order valence-corrected chi connectivity index (χ0v) is 13.7. The average Bonchev–Trinajstić information content (AvgIpc) is 2.87. The molecule has 2 rings (SSSR count). The van der Waals surface area contributed by atoms with Crippen molar-refractivity contribution >= 4 is 22.9 Å². The average molecular weight is 311 g/mol. The van der Waals surface area contributed by atoms with E-state index in [0.717, 1.165) is 16.3 Å². The second-order valence-corrected chi connectivity index (χ2v) is 6.99. The molecule has 5 heteroatoms. The van der Waals surface area contributed by atoms with Crippen molar-refractivity contribution in [1.82, 2.24) is 4.98 Å². The van der Waals surface area contributed by atoms with Crippen molar-refractivity contribution in [3.05, 3.63) is 44.9 Å². The summed E-state index contributed by atoms with van der Waals surface area (Å²) >= 11 is 7.73. The lowest BCUT2D eigenvalue weighted by molar-refractivity contribution is 0.415. The maximum absolute atomic E-state index is 6.28. The van der Waals surface area contributed by atoms with Crippen molar-refractivity contribution in [3.8, 4) is 5.75 Å². The number of halogens is 1. The Bertz CT molecular complexity index is 604. The van der Waals surface area contributed by atoms with Crippen LogP contribution in [0.2, 0.25) is 5.02 Å². The minimum absolute atomic E-state index is 0.0338. The molecule has 0 amide bonds. The van der Waals surface area contributed by atoms with Crippen LogP contribution in [0.1, 0.15) is 43.1 Å². The van der Waals surface area contributed by atoms with Gasteiger partial charge in [-0.3, -0.25) is 0 Å². The molecule has 0 aliphatic carbocycles. The zero-order chi connectivity index (χ0) is 14.9. The molecule has 1 aromatic carbocycles. The monoisotopic (exact) mass is 310 g/mol. The van der Waals surface area contributed by atoms with Crippen molar-refractivity contribution in [2.24, 2.45) is 5.73 Å². The van der Waals surface area contributed by atoms with Crippen LogP contribution < -0.4 is 10.5 Å². The van der Waals surface area contributed by atoms with E-state index in [2.05, 4.69) is 31.1 Å². The van der Waals surface area contributed by atoms with Crippen LogP contribution in [-0.4, -0.2) is 12.1 Å². The smallest absolute Gasteiger partial charge is 0.137 e. The number of aromatic nitrogens is 1. The molecule has 1 atom stereocenters. The van der Waals surface area contributed by atoms with Gasteiger partial charge in [0, 0.05) is 10.8 Å². The largest absolute Gasteiger partial charge is 0.495 e. The van der Waals surface area contributed by atoms with Gasteiger partial charge in [0.05, 0.1) is 23.9 Å². The Balaban J connectivity index is 2.29. The summed E-state index contributed by atoms with van der Waals surface area (Å²) < 4.78 is 5.15. The molecule has 108 valence electrons. The van der Waals surface area contributed by atoms with Gasteiger partial charge < -0.3 is 10.5 Å². The number of rotatable bonds is 3. The number of benzene rings is 1. The predicted molar refractivity (Wildman–Crippen MR) is 84.8 cm³/mol. The van der Waals surface area contributed by atoms with Crippen LogP contribution >= 0.6 is 22.9 Å². The van der Waals surface area contributed by atoms with Crippen molar-refractivity contribution in [2.75, 3.05) is 7.11 Å². The molecule has 0 radical (unpaired) electrons. The van der Waals surface area contributed by atoms with E-state index in [0.29, 0.717) is 10.8 Å². The Kier molecular flexibility index (Phi) is 4.37. The Morgan fingerprint density at radius 2 is 2.05 bits per heavy atom. The number of thiazole rings is 1. The number of methoxy groups -OCH3 is 1. The van der Waals surface area contributed by atoms with Crippen molar-refractivity contribution in [1.29, 1.82) is 0 Å². The standard InChI is InChI=1S/C15H19ClN2OS/c1-15(2,3)12-8-20-14(18-12)13(17)9-5-6-11(19-4)10(16)7-9/h5-8,13H,17H2,1-4H3. The molecule has 1 aromatic heterocycles. The normalized spacial score (nSPS) is 13.3. The topological polar surface area (TPSA) is 48.1 Å². The molecule has 0 aliphatic rings. The van der Waals surface area contributed by atoms with E-state index in [9.17, 15) is 0 Å². The highest BCUT2D eigenvalue weighted by Gasteiger charge is 2.20. The van der Waals surface area contributed by atoms with Gasteiger partial charge in [0.15, 0.2) is 0 Å². The van der Waals surface area contributed by atoms with Gasteiger partial charge in [-0.15, -0.1) is 11.3 Å². The van der Waals surface area contributed by atoms with E-state index in [4.69, 9.17) is 22.1 Å². The summed E-state index contributed by atoms with van der Waals surface area (Å²) in [7, 11) is 1.59. The molecule has 0 spiro atoms. The highest BCUT2D eigenvalue weighted by atomic mass is 35.5. The van der Waals surface area contributed by atoms with Crippen LogP contribution in [0.4, 0.5) is 0 Å². The second-order valence-electron chi connectivity index (χ2n) is 5.69. The van der Waals surface area contributed by atoms with Crippen LogP contribution in [0.5, 0.6) is 5.75 Å². The lowest BCUT2D eigenvalue weighted by atomic mass is 9.93. The van der Waals surface area contributed by atoms with Crippen molar-refractivity contribution < 1.29 is 4.74 Å². The molecule has 20 heavy (non-hydrogen) atoms. The maximum atomic E-state index is 6.28. The first kappa shape index (κ1) is 15.3. The lowest BCUT2D eigenvalue weighted by Gasteiger charge is -2.15. The fourth-order valence-electron chi connectivity index (χ4n) is 1.79. The minimum atomic E-state index is -0.264. The van der Waals surface area contributed by atoms with E-state index in [1.807, 2.05) is 18.2 Å². The second kappa shape index (κ2) is 5.72. The number of hydrogen-bond donors (Lipinski definition) is 1. The van der Waals surface area contributed by atoms with E-state index in [1.165, 1.54) is 0 Å². The molecule has 1 heterocycles. The quantitative estimate of drug-likeness (QED) is 0.926. The number of hydrogen-bond acceptors (Lipinski definition) is 4. The van der Waals surface area contributed by atoms with Crippen molar-refractivity contribution in [2.45, 2.75) is 32.2 Å². The summed E-state index contributed by atoms with van der Waals surface area (Å²) in [5.74, 6) is 0.650. The molecule has 0 aliphatic heterocycles. The molecule has 0 saturated heterocycles. The molecule has 2 N–H and O–H groups in total. The number of nitrogens with two attached hydrogens (primary N) is 1. The molecular weight excluding hydrogens is 292 g/mol. The van der Waals surface area contributed by atoms with Gasteiger partial charge in [-0.25, -0.2) is 4.98 Å². The summed E-state index contributed by atoms with van der Waals surface area (Å²) in [5, 5.41) is 3.53. The molecule has 2 aromatic rings. The molecular formula is C15H19ClN2OS. The third-order valence-corrected chi connectivity index (χ3v) is 4.31. The van der Waals surface area contributed by atoms with Crippen LogP contribution in [-0.2, 0) is 5.41 Å². The van der Waals surface area contributed by atoms with E-state index >= 15 is 0 Å². The van der Waals surface area contributed by atoms with Gasteiger partial charge in [-0.1, -0.05) is 38.4 Å². The van der Waals surface area contributed by atoms with Gasteiger partial charge in [-0.05, 0) is 17.7 Å². The molecule has 0 bridgehead atoms. The van der Waals surface area contributed by atoms with Gasteiger partial charge in [-0.2, -0.15) is 0 Å². The minimum Gasteiger partial charge on any atom is -0.495 e. The van der Waals surface area contributed by atoms with Crippen molar-refractivity contribution in [3.63, 3.8) is 0 Å². The SMILES string of the molecule is COc1ccc(C(N)c2nc(C(C)(C)C)cs2)cc1Cl. The first-order valence-electron chi connectivity index (χ1n) is 6.38. The van der Waals surface area contributed by atoms with E-state index in [1.54, 1.807) is 18.4 Å². The van der Waals surface area contributed by atoms with Gasteiger partial charge in [0.25, 0.3) is 0 Å². The zero-order valence-electron chi connectivity index (χ0n) is 12.1. The lowest BCUT2D eigenvalue weighted by Crippen LogP contribution is -2.15. The summed E-state index contributed by atoms with van der Waals surface area (Å²) in [6, 6.07) is 5.33. The summed E-state index contributed by atoms with van der Waals surface area (Å²) in [5.41, 5.74) is 8.31. The van der Waals surface area contributed by atoms with Crippen LogP contribution in [0, 0.1) is 0 Å². The Hall–Kier alpha value is -1.10. The summed E-state index contributed by atoms with van der Waals surface area (Å²) in [6.45, 7) is 6.42. The fourth-order valence-corrected chi connectivity index (χ4v) is 3.13. The van der Waals surface area contributed by atoms with E-state index in [-0.39, 0.29) is 11.5 Å². The first-order chi connectivity index (χ1) is 9.32. The predicted octanol–water partition coefficient (Wildman–Crippen LogP) is 4.15. The highest BCUT2D eigenvalue weighted by Crippen LogP contribution is 2.32. The Morgan fingerprint density at radius 1 is 1.35 bits per heavy atom. The third kappa shape index (κ3) is 3.14. The Morgan fingerprint density at radius 3 is 2.55 bits per heavy atom. The first-order valence-corrected chi connectivity index (χ1v) is 7.63. The van der Waals surface area contributed by atoms with Gasteiger partial charge in [0.2, 0.25) is 0 Å². The summed E-state index contributed by atoms with van der Waals surface area (Å²) in [6.07, 6.45) is 0. The molecule has 0 saturated carbocycles. The Labute approximate surface area is 128 Å². The fraction of sp³-hybridized carbons (Fsp3) is 0.400. The third-order valence-electron chi connectivity index (χ3n) is 3.09. The molecule has 0 fully saturated rings. The number of ether oxygens (including phenoxy) is 1. The summed E-state index contributed by atoms with van der Waals surface area (Å²) in [4.78, 5) is 4.65. The van der Waals surface area contributed by atoms with Gasteiger partial charge >= 0.3 is 0 Å². The molecule has 3 nitrogen and oxygen atoms in total. The van der Waals surface area contributed by atoms with Crippen LogP contribution in [0.15, 0.2) is 23.6 Å². The maximum Gasteiger partial charge on any atom is 0.137 e. The van der Waals surface area contributed by atoms with Gasteiger partial charge in [0.1, 0.15) is 10.8 Å².